The molecule has 118 valence electrons. The van der Waals surface area contributed by atoms with E-state index in [1.165, 1.54) is 5.56 Å². The smallest absolute Gasteiger partial charge is 0.187 e. The Balaban J connectivity index is 1.51. The zero-order valence-corrected chi connectivity index (χ0v) is 13.2. The van der Waals surface area contributed by atoms with E-state index in [9.17, 15) is 0 Å². The van der Waals surface area contributed by atoms with Crippen molar-refractivity contribution in [2.75, 3.05) is 13.1 Å². The van der Waals surface area contributed by atoms with Crippen molar-refractivity contribution in [3.63, 3.8) is 0 Å². The molecule has 3 nitrogen and oxygen atoms in total. The summed E-state index contributed by atoms with van der Waals surface area (Å²) in [6.45, 7) is 9.62. The van der Waals surface area contributed by atoms with Gasteiger partial charge in [0.05, 0.1) is 19.3 Å². The number of nitrogens with one attached hydrogen (secondary N) is 1. The molecule has 2 atom stereocenters. The van der Waals surface area contributed by atoms with Crippen LogP contribution in [0.1, 0.15) is 17.5 Å². The van der Waals surface area contributed by atoms with E-state index < -0.39 is 0 Å². The predicted octanol–water partition coefficient (Wildman–Crippen LogP) is 3.97. The van der Waals surface area contributed by atoms with Crippen molar-refractivity contribution in [1.82, 2.24) is 5.32 Å². The minimum absolute atomic E-state index is 0.244. The number of hydrogen-bond acceptors (Lipinski definition) is 2. The first-order valence-corrected chi connectivity index (χ1v) is 8.16. The molecule has 0 aromatic heterocycles. The molecule has 23 heavy (non-hydrogen) atoms. The Kier molecular flexibility index (Phi) is 5.42. The van der Waals surface area contributed by atoms with Gasteiger partial charge in [0.25, 0.3) is 0 Å². The molecule has 0 spiro atoms. The Bertz CT molecular complexity index is 663. The Hall–Kier alpha value is -2.15. The molecule has 3 rings (SSSR count). The fourth-order valence-corrected chi connectivity index (χ4v) is 3.15. The lowest BCUT2D eigenvalue weighted by Crippen LogP contribution is -2.41. The highest BCUT2D eigenvalue weighted by Crippen LogP contribution is 2.20. The van der Waals surface area contributed by atoms with Gasteiger partial charge in [-0.05, 0) is 36.4 Å². The van der Waals surface area contributed by atoms with E-state index in [1.54, 1.807) is 0 Å². The third kappa shape index (κ3) is 4.66. The summed E-state index contributed by atoms with van der Waals surface area (Å²) < 4.78 is 6.07. The maximum atomic E-state index is 7.08. The standard InChI is InChI=1S/C20H22N2O/c1-21-19-9-5-8-17(11-19)15-23-20-12-18(13-22-14-20)10-16-6-3-2-4-7-16/h2-9,11,18,20,22H,10,12-15H2/t18-,20+/m0/s1. The zero-order valence-electron chi connectivity index (χ0n) is 13.2. The molecule has 1 aliphatic heterocycles. The van der Waals surface area contributed by atoms with Gasteiger partial charge in [-0.1, -0.05) is 54.6 Å². The van der Waals surface area contributed by atoms with Crippen molar-refractivity contribution in [3.8, 4) is 0 Å². The van der Waals surface area contributed by atoms with E-state index in [-0.39, 0.29) is 6.10 Å². The molecule has 0 unspecified atom stereocenters. The highest BCUT2D eigenvalue weighted by atomic mass is 16.5. The van der Waals surface area contributed by atoms with E-state index >= 15 is 0 Å². The third-order valence-corrected chi connectivity index (χ3v) is 4.29. The minimum Gasteiger partial charge on any atom is -0.372 e. The average Bonchev–Trinajstić information content (AvgIpc) is 2.61. The van der Waals surface area contributed by atoms with E-state index in [0.29, 0.717) is 18.2 Å². The minimum atomic E-state index is 0.244. The van der Waals surface area contributed by atoms with E-state index in [2.05, 4.69) is 40.5 Å². The Morgan fingerprint density at radius 2 is 1.87 bits per heavy atom. The molecule has 0 aliphatic carbocycles. The molecule has 0 amide bonds. The second-order valence-corrected chi connectivity index (χ2v) is 6.16. The van der Waals surface area contributed by atoms with E-state index in [0.717, 1.165) is 31.5 Å². The summed E-state index contributed by atoms with van der Waals surface area (Å²) in [4.78, 5) is 3.47. The first-order valence-electron chi connectivity index (χ1n) is 8.16. The van der Waals surface area contributed by atoms with Crippen LogP contribution in [-0.2, 0) is 17.8 Å². The van der Waals surface area contributed by atoms with Crippen LogP contribution >= 0.6 is 0 Å². The summed E-state index contributed by atoms with van der Waals surface area (Å²) in [6, 6.07) is 18.3. The summed E-state index contributed by atoms with van der Waals surface area (Å²) in [7, 11) is 0. The van der Waals surface area contributed by atoms with Crippen LogP contribution in [0.3, 0.4) is 0 Å². The molecule has 3 heteroatoms. The number of hydrogen-bond donors (Lipinski definition) is 1. The number of ether oxygens (including phenoxy) is 1. The average molecular weight is 306 g/mol. The topological polar surface area (TPSA) is 25.6 Å². The highest BCUT2D eigenvalue weighted by molar-refractivity contribution is 5.46. The molecule has 2 aromatic carbocycles. The summed E-state index contributed by atoms with van der Waals surface area (Å²) in [5, 5.41) is 3.49. The van der Waals surface area contributed by atoms with Crippen LogP contribution in [0.4, 0.5) is 5.69 Å². The quantitative estimate of drug-likeness (QED) is 0.846. The largest absolute Gasteiger partial charge is 0.372 e. The first kappa shape index (κ1) is 15.7. The summed E-state index contributed by atoms with van der Waals surface area (Å²) in [6.07, 6.45) is 2.43. The van der Waals surface area contributed by atoms with Crippen LogP contribution in [0.2, 0.25) is 0 Å². The van der Waals surface area contributed by atoms with Gasteiger partial charge in [-0.25, -0.2) is 4.85 Å². The van der Waals surface area contributed by atoms with Crippen molar-refractivity contribution >= 4 is 5.69 Å². The van der Waals surface area contributed by atoms with Gasteiger partial charge in [-0.15, -0.1) is 0 Å². The lowest BCUT2D eigenvalue weighted by atomic mass is 9.91. The molecule has 0 radical (unpaired) electrons. The van der Waals surface area contributed by atoms with Crippen LogP contribution in [0.25, 0.3) is 4.85 Å². The fraction of sp³-hybridized carbons (Fsp3) is 0.350. The fourth-order valence-electron chi connectivity index (χ4n) is 3.15. The molecule has 0 bridgehead atoms. The predicted molar refractivity (Wildman–Crippen MR) is 92.4 cm³/mol. The van der Waals surface area contributed by atoms with Gasteiger partial charge in [-0.3, -0.25) is 0 Å². The molecular formula is C20H22N2O. The molecule has 1 saturated heterocycles. The number of nitrogens with zero attached hydrogens (tertiary/aromatic N) is 1. The van der Waals surface area contributed by atoms with Crippen molar-refractivity contribution in [3.05, 3.63) is 77.1 Å². The second kappa shape index (κ2) is 7.92. The van der Waals surface area contributed by atoms with Gasteiger partial charge >= 0.3 is 0 Å². The lowest BCUT2D eigenvalue weighted by Gasteiger charge is -2.30. The summed E-state index contributed by atoms with van der Waals surface area (Å²) >= 11 is 0. The zero-order chi connectivity index (χ0) is 15.9. The second-order valence-electron chi connectivity index (χ2n) is 6.16. The Labute approximate surface area is 138 Å². The van der Waals surface area contributed by atoms with Crippen molar-refractivity contribution in [2.45, 2.75) is 25.6 Å². The Morgan fingerprint density at radius 3 is 2.70 bits per heavy atom. The number of rotatable bonds is 5. The van der Waals surface area contributed by atoms with Gasteiger partial charge in [-0.2, -0.15) is 0 Å². The Morgan fingerprint density at radius 1 is 1.04 bits per heavy atom. The lowest BCUT2D eigenvalue weighted by molar-refractivity contribution is 0.0115. The van der Waals surface area contributed by atoms with Crippen LogP contribution < -0.4 is 5.32 Å². The van der Waals surface area contributed by atoms with Crippen LogP contribution in [0.15, 0.2) is 54.6 Å². The third-order valence-electron chi connectivity index (χ3n) is 4.29. The molecule has 1 heterocycles. The van der Waals surface area contributed by atoms with Crippen molar-refractivity contribution in [1.29, 1.82) is 0 Å². The first-order chi connectivity index (χ1) is 11.3. The number of benzene rings is 2. The maximum absolute atomic E-state index is 7.08. The maximum Gasteiger partial charge on any atom is 0.187 e. The van der Waals surface area contributed by atoms with Crippen LogP contribution in [0.5, 0.6) is 0 Å². The van der Waals surface area contributed by atoms with Gasteiger partial charge in [0.2, 0.25) is 0 Å². The van der Waals surface area contributed by atoms with Crippen LogP contribution in [-0.4, -0.2) is 19.2 Å². The van der Waals surface area contributed by atoms with Crippen LogP contribution in [0, 0.1) is 12.5 Å². The van der Waals surface area contributed by atoms with Gasteiger partial charge < -0.3 is 10.1 Å². The molecular weight excluding hydrogens is 284 g/mol. The van der Waals surface area contributed by atoms with E-state index in [4.69, 9.17) is 11.3 Å². The summed E-state index contributed by atoms with van der Waals surface area (Å²) in [5.74, 6) is 0.616. The van der Waals surface area contributed by atoms with Gasteiger partial charge in [0.1, 0.15) is 0 Å². The molecule has 1 aliphatic rings. The van der Waals surface area contributed by atoms with E-state index in [1.807, 2.05) is 24.3 Å². The number of piperidine rings is 1. The highest BCUT2D eigenvalue weighted by Gasteiger charge is 2.22. The normalized spacial score (nSPS) is 20.8. The van der Waals surface area contributed by atoms with Gasteiger partial charge in [0.15, 0.2) is 5.69 Å². The molecule has 1 N–H and O–H groups in total. The molecule has 0 saturated carbocycles. The summed E-state index contributed by atoms with van der Waals surface area (Å²) in [5.41, 5.74) is 3.14. The monoisotopic (exact) mass is 306 g/mol. The van der Waals surface area contributed by atoms with Crippen molar-refractivity contribution < 1.29 is 4.74 Å². The SMILES string of the molecule is [C-]#[N+]c1cccc(CO[C@H]2CNC[C@@H](Cc3ccccc3)C2)c1. The van der Waals surface area contributed by atoms with Gasteiger partial charge in [0, 0.05) is 6.54 Å². The van der Waals surface area contributed by atoms with Crippen molar-refractivity contribution in [2.24, 2.45) is 5.92 Å². The molecule has 1 fully saturated rings. The molecule has 2 aromatic rings.